The van der Waals surface area contributed by atoms with E-state index in [1.54, 1.807) is 30.0 Å². The van der Waals surface area contributed by atoms with E-state index in [1.807, 2.05) is 22.9 Å². The zero-order chi connectivity index (χ0) is 20.7. The molecule has 0 aromatic carbocycles. The van der Waals surface area contributed by atoms with Gasteiger partial charge in [0.25, 0.3) is 6.01 Å². The van der Waals surface area contributed by atoms with Crippen LogP contribution in [-0.4, -0.2) is 48.3 Å². The van der Waals surface area contributed by atoms with Crippen LogP contribution in [-0.2, 0) is 6.54 Å². The van der Waals surface area contributed by atoms with E-state index in [9.17, 15) is 4.39 Å². The summed E-state index contributed by atoms with van der Waals surface area (Å²) in [6, 6.07) is 8.82. The van der Waals surface area contributed by atoms with Gasteiger partial charge in [0, 0.05) is 6.20 Å². The molecule has 150 valence electrons. The number of ether oxygens (including phenoxy) is 2. The number of hydrogen-bond acceptors (Lipinski definition) is 7. The van der Waals surface area contributed by atoms with Crippen molar-refractivity contribution in [3.05, 3.63) is 60.7 Å². The molecule has 0 unspecified atom stereocenters. The van der Waals surface area contributed by atoms with Crippen LogP contribution in [0.5, 0.6) is 11.9 Å². The first kappa shape index (κ1) is 18.0. The third kappa shape index (κ3) is 2.89. The van der Waals surface area contributed by atoms with E-state index >= 15 is 0 Å². The minimum absolute atomic E-state index is 0.279. The number of hydrogen-bond donors (Lipinski definition) is 0. The largest absolute Gasteiger partial charge is 0.479 e. The van der Waals surface area contributed by atoms with Crippen molar-refractivity contribution >= 4 is 22.2 Å². The number of aromatic nitrogens is 7. The summed E-state index contributed by atoms with van der Waals surface area (Å²) in [5, 5.41) is 0. The molecule has 0 atom stereocenters. The lowest BCUT2D eigenvalue weighted by Gasteiger charge is -2.10. The maximum absolute atomic E-state index is 13.6. The van der Waals surface area contributed by atoms with Gasteiger partial charge in [-0.15, -0.1) is 0 Å². The minimum Gasteiger partial charge on any atom is -0.479 e. The van der Waals surface area contributed by atoms with Gasteiger partial charge in [-0.2, -0.15) is 14.4 Å². The second kappa shape index (κ2) is 7.07. The monoisotopic (exact) mass is 405 g/mol. The van der Waals surface area contributed by atoms with Crippen LogP contribution in [0.25, 0.3) is 27.9 Å². The molecule has 30 heavy (non-hydrogen) atoms. The Morgan fingerprint density at radius 1 is 1.03 bits per heavy atom. The van der Waals surface area contributed by atoms with Crippen molar-refractivity contribution in [3.8, 4) is 17.6 Å². The van der Waals surface area contributed by atoms with Crippen LogP contribution in [0.15, 0.2) is 49.1 Å². The van der Waals surface area contributed by atoms with Gasteiger partial charge in [-0.25, -0.2) is 15.0 Å². The molecule has 0 aliphatic carbocycles. The number of imidazole rings is 1. The van der Waals surface area contributed by atoms with Crippen LogP contribution in [0.3, 0.4) is 0 Å². The molecule has 5 heterocycles. The highest BCUT2D eigenvalue weighted by molar-refractivity contribution is 5.83. The maximum atomic E-state index is 13.6. The van der Waals surface area contributed by atoms with Crippen molar-refractivity contribution in [3.63, 3.8) is 0 Å². The predicted molar refractivity (Wildman–Crippen MR) is 106 cm³/mol. The number of rotatable bonds is 5. The standard InChI is InChI=1S/C20H16FN7O2/c1-29-19-17-14(23-11-24-19)6-7-27(17)13-8-15-18(22-9-13)26-20(30-2)28(15)10-12-4-3-5-16(21)25-12/h3-9,11H,10H2,1-2H3. The molecule has 9 nitrogen and oxygen atoms in total. The molecule has 0 spiro atoms. The highest BCUT2D eigenvalue weighted by Gasteiger charge is 2.17. The molecule has 0 aliphatic heterocycles. The fourth-order valence-corrected chi connectivity index (χ4v) is 3.42. The van der Waals surface area contributed by atoms with Crippen molar-refractivity contribution < 1.29 is 13.9 Å². The van der Waals surface area contributed by atoms with Crippen molar-refractivity contribution in [2.75, 3.05) is 14.2 Å². The normalized spacial score (nSPS) is 11.3. The first-order chi connectivity index (χ1) is 14.7. The zero-order valence-electron chi connectivity index (χ0n) is 16.2. The Morgan fingerprint density at radius 3 is 2.73 bits per heavy atom. The number of nitrogens with zero attached hydrogens (tertiary/aromatic N) is 7. The van der Waals surface area contributed by atoms with Crippen LogP contribution >= 0.6 is 0 Å². The van der Waals surface area contributed by atoms with Gasteiger partial charge >= 0.3 is 0 Å². The zero-order valence-corrected chi connectivity index (χ0v) is 16.2. The molecular weight excluding hydrogens is 389 g/mol. The highest BCUT2D eigenvalue weighted by atomic mass is 19.1. The third-order valence-corrected chi connectivity index (χ3v) is 4.74. The molecule has 10 heteroatoms. The summed E-state index contributed by atoms with van der Waals surface area (Å²) < 4.78 is 28.1. The van der Waals surface area contributed by atoms with Gasteiger partial charge in [0.1, 0.15) is 11.8 Å². The van der Waals surface area contributed by atoms with E-state index < -0.39 is 5.95 Å². The Hall–Kier alpha value is -4.08. The SMILES string of the molecule is COc1ncnc2ccn(-c3cnc4nc(OC)n(Cc5cccc(F)n5)c4c3)c12. The molecule has 0 fully saturated rings. The Labute approximate surface area is 169 Å². The van der Waals surface area contributed by atoms with Crippen molar-refractivity contribution in [1.82, 2.24) is 34.1 Å². The average Bonchev–Trinajstić information content (AvgIpc) is 3.35. The second-order valence-corrected chi connectivity index (χ2v) is 6.48. The molecule has 0 N–H and O–H groups in total. The van der Waals surface area contributed by atoms with Crippen LogP contribution in [0.4, 0.5) is 4.39 Å². The molecule has 5 aromatic heterocycles. The lowest BCUT2D eigenvalue weighted by molar-refractivity contribution is 0.363. The van der Waals surface area contributed by atoms with Gasteiger partial charge in [0.05, 0.1) is 49.4 Å². The van der Waals surface area contributed by atoms with Crippen LogP contribution in [0, 0.1) is 5.95 Å². The van der Waals surface area contributed by atoms with Gasteiger partial charge in [0.15, 0.2) is 5.65 Å². The lowest BCUT2D eigenvalue weighted by Crippen LogP contribution is -2.05. The summed E-state index contributed by atoms with van der Waals surface area (Å²) in [6.45, 7) is 0.279. The predicted octanol–water partition coefficient (Wildman–Crippen LogP) is 2.76. The van der Waals surface area contributed by atoms with Crippen LogP contribution in [0.2, 0.25) is 0 Å². The third-order valence-electron chi connectivity index (χ3n) is 4.74. The Kier molecular flexibility index (Phi) is 4.24. The minimum atomic E-state index is -0.541. The molecule has 0 saturated heterocycles. The number of methoxy groups -OCH3 is 2. The summed E-state index contributed by atoms with van der Waals surface area (Å²) in [6.07, 6.45) is 5.03. The fraction of sp³-hybridized carbons (Fsp3) is 0.150. The summed E-state index contributed by atoms with van der Waals surface area (Å²) in [4.78, 5) is 21.3. The van der Waals surface area contributed by atoms with Crippen molar-refractivity contribution in [2.45, 2.75) is 6.54 Å². The number of halogens is 1. The molecule has 0 saturated carbocycles. The Morgan fingerprint density at radius 2 is 1.93 bits per heavy atom. The van der Waals surface area contributed by atoms with E-state index in [4.69, 9.17) is 9.47 Å². The van der Waals surface area contributed by atoms with Gasteiger partial charge in [-0.05, 0) is 24.3 Å². The van der Waals surface area contributed by atoms with Gasteiger partial charge < -0.3 is 14.0 Å². The van der Waals surface area contributed by atoms with Gasteiger partial charge in [0.2, 0.25) is 11.8 Å². The molecule has 5 aromatic rings. The van der Waals surface area contributed by atoms with Crippen molar-refractivity contribution in [1.29, 1.82) is 0 Å². The average molecular weight is 405 g/mol. The molecule has 0 aliphatic rings. The summed E-state index contributed by atoms with van der Waals surface area (Å²) in [7, 11) is 3.09. The summed E-state index contributed by atoms with van der Waals surface area (Å²) in [5.41, 5.74) is 4.00. The fourth-order valence-electron chi connectivity index (χ4n) is 3.42. The van der Waals surface area contributed by atoms with E-state index in [-0.39, 0.29) is 6.54 Å². The van der Waals surface area contributed by atoms with Gasteiger partial charge in [-0.3, -0.25) is 4.57 Å². The Balaban J connectivity index is 1.68. The second-order valence-electron chi connectivity index (χ2n) is 6.48. The molecule has 0 radical (unpaired) electrons. The molecule has 0 bridgehead atoms. The first-order valence-corrected chi connectivity index (χ1v) is 9.06. The lowest BCUT2D eigenvalue weighted by atomic mass is 10.3. The molecule has 0 amide bonds. The topological polar surface area (TPSA) is 92.8 Å². The van der Waals surface area contributed by atoms with Crippen molar-refractivity contribution in [2.24, 2.45) is 0 Å². The first-order valence-electron chi connectivity index (χ1n) is 9.06. The number of fused-ring (bicyclic) bond motifs is 2. The van der Waals surface area contributed by atoms with Gasteiger partial charge in [-0.1, -0.05) is 6.07 Å². The molecule has 5 rings (SSSR count). The van der Waals surface area contributed by atoms with E-state index in [1.165, 1.54) is 19.5 Å². The molecular formula is C20H16FN7O2. The quantitative estimate of drug-likeness (QED) is 0.415. The summed E-state index contributed by atoms with van der Waals surface area (Å²) in [5.74, 6) is -0.0826. The van der Waals surface area contributed by atoms with E-state index in [2.05, 4.69) is 24.9 Å². The van der Waals surface area contributed by atoms with E-state index in [0.29, 0.717) is 28.7 Å². The smallest absolute Gasteiger partial charge is 0.298 e. The number of pyridine rings is 2. The summed E-state index contributed by atoms with van der Waals surface area (Å²) >= 11 is 0. The highest BCUT2D eigenvalue weighted by Crippen LogP contribution is 2.28. The maximum Gasteiger partial charge on any atom is 0.298 e. The van der Waals surface area contributed by atoms with E-state index in [0.717, 1.165) is 16.7 Å². The van der Waals surface area contributed by atoms with Crippen LogP contribution < -0.4 is 9.47 Å². The Bertz CT molecular complexity index is 1380. The van der Waals surface area contributed by atoms with Crippen LogP contribution in [0.1, 0.15) is 5.69 Å².